The van der Waals surface area contributed by atoms with Crippen molar-refractivity contribution in [2.75, 3.05) is 6.61 Å². The molecule has 0 fully saturated rings. The number of carbonyl (C=O) groups is 2. The number of pyridine rings is 1. The second-order valence-electron chi connectivity index (χ2n) is 7.51. The number of thiazole rings is 1. The summed E-state index contributed by atoms with van der Waals surface area (Å²) in [5, 5.41) is 4.80. The number of nitrogens with one attached hydrogen (secondary N) is 1. The fourth-order valence-corrected chi connectivity index (χ4v) is 4.58. The Morgan fingerprint density at radius 2 is 1.65 bits per heavy atom. The number of esters is 1. The zero-order valence-electron chi connectivity index (χ0n) is 17.8. The molecule has 1 amide bonds. The molecule has 6 nitrogen and oxygen atoms in total. The van der Waals surface area contributed by atoms with Crippen molar-refractivity contribution in [2.45, 2.75) is 6.54 Å². The van der Waals surface area contributed by atoms with E-state index in [-0.39, 0.29) is 6.54 Å². The number of carbonyl (C=O) groups excluding carboxylic acids is 2. The van der Waals surface area contributed by atoms with E-state index in [4.69, 9.17) is 16.3 Å². The molecule has 8 heteroatoms. The van der Waals surface area contributed by atoms with Crippen molar-refractivity contribution in [3.8, 4) is 11.3 Å². The van der Waals surface area contributed by atoms with Crippen LogP contribution >= 0.6 is 22.9 Å². The van der Waals surface area contributed by atoms with Gasteiger partial charge in [0.15, 0.2) is 6.61 Å². The Labute approximate surface area is 204 Å². The normalized spacial score (nSPS) is 11.0. The first-order valence-electron chi connectivity index (χ1n) is 10.5. The minimum Gasteiger partial charge on any atom is -0.452 e. The number of hydrogen-bond acceptors (Lipinski definition) is 6. The molecule has 0 atom stereocenters. The highest BCUT2D eigenvalue weighted by Crippen LogP contribution is 2.26. The molecule has 0 spiro atoms. The minimum absolute atomic E-state index is 0.272. The van der Waals surface area contributed by atoms with Crippen molar-refractivity contribution in [1.29, 1.82) is 0 Å². The van der Waals surface area contributed by atoms with Gasteiger partial charge in [0, 0.05) is 16.0 Å². The van der Waals surface area contributed by atoms with Crippen LogP contribution in [0.5, 0.6) is 0 Å². The largest absolute Gasteiger partial charge is 0.452 e. The lowest BCUT2D eigenvalue weighted by molar-refractivity contribution is -0.124. The van der Waals surface area contributed by atoms with Gasteiger partial charge in [-0.25, -0.2) is 14.8 Å². The fourth-order valence-electron chi connectivity index (χ4n) is 3.54. The molecule has 5 rings (SSSR count). The summed E-state index contributed by atoms with van der Waals surface area (Å²) < 4.78 is 6.39. The molecule has 1 N–H and O–H groups in total. The average molecular weight is 488 g/mol. The van der Waals surface area contributed by atoms with Crippen molar-refractivity contribution >= 4 is 55.9 Å². The fraction of sp³-hybridized carbons (Fsp3) is 0.0769. The third kappa shape index (κ3) is 4.76. The van der Waals surface area contributed by atoms with Crippen LogP contribution in [0.1, 0.15) is 15.4 Å². The maximum Gasteiger partial charge on any atom is 0.339 e. The Balaban J connectivity index is 1.29. The van der Waals surface area contributed by atoms with E-state index < -0.39 is 18.5 Å². The summed E-state index contributed by atoms with van der Waals surface area (Å²) in [6.45, 7) is -0.120. The van der Waals surface area contributed by atoms with Gasteiger partial charge in [0.05, 0.1) is 33.5 Å². The Morgan fingerprint density at radius 1 is 0.912 bits per heavy atom. The number of benzene rings is 3. The molecule has 0 saturated carbocycles. The second-order valence-corrected chi connectivity index (χ2v) is 9.06. The zero-order chi connectivity index (χ0) is 23.5. The summed E-state index contributed by atoms with van der Waals surface area (Å²) in [7, 11) is 0. The van der Waals surface area contributed by atoms with E-state index in [9.17, 15) is 9.59 Å². The summed E-state index contributed by atoms with van der Waals surface area (Å²) in [5.74, 6) is -0.993. The van der Waals surface area contributed by atoms with Gasteiger partial charge in [-0.15, -0.1) is 11.3 Å². The van der Waals surface area contributed by atoms with Crippen LogP contribution in [0.4, 0.5) is 0 Å². The highest BCUT2D eigenvalue weighted by Gasteiger charge is 2.17. The molecule has 0 aliphatic carbocycles. The van der Waals surface area contributed by atoms with Crippen LogP contribution in [-0.2, 0) is 16.1 Å². The molecule has 3 aromatic carbocycles. The number of aromatic nitrogens is 2. The summed E-state index contributed by atoms with van der Waals surface area (Å²) >= 11 is 7.51. The van der Waals surface area contributed by atoms with Gasteiger partial charge in [-0.05, 0) is 36.4 Å². The van der Waals surface area contributed by atoms with Crippen molar-refractivity contribution in [2.24, 2.45) is 0 Å². The monoisotopic (exact) mass is 487 g/mol. The highest BCUT2D eigenvalue weighted by molar-refractivity contribution is 7.18. The molecule has 34 heavy (non-hydrogen) atoms. The molecular weight excluding hydrogens is 470 g/mol. The molecule has 0 unspecified atom stereocenters. The van der Waals surface area contributed by atoms with E-state index in [1.807, 2.05) is 54.6 Å². The summed E-state index contributed by atoms with van der Waals surface area (Å²) in [4.78, 5) is 34.4. The number of para-hydroxylation sites is 2. The maximum absolute atomic E-state index is 12.9. The molecule has 0 radical (unpaired) electrons. The molecule has 0 aliphatic heterocycles. The van der Waals surface area contributed by atoms with Crippen LogP contribution < -0.4 is 5.32 Å². The smallest absolute Gasteiger partial charge is 0.339 e. The van der Waals surface area contributed by atoms with E-state index in [0.717, 1.165) is 20.8 Å². The quantitative estimate of drug-likeness (QED) is 0.313. The van der Waals surface area contributed by atoms with E-state index in [2.05, 4.69) is 15.3 Å². The highest BCUT2D eigenvalue weighted by atomic mass is 35.5. The third-order valence-corrected chi connectivity index (χ3v) is 6.47. The van der Waals surface area contributed by atoms with Crippen LogP contribution in [0.25, 0.3) is 32.4 Å². The number of halogens is 1. The maximum atomic E-state index is 12.9. The van der Waals surface area contributed by atoms with Crippen molar-refractivity contribution in [1.82, 2.24) is 15.3 Å². The predicted molar refractivity (Wildman–Crippen MR) is 134 cm³/mol. The molecular formula is C26H18ClN3O3S. The minimum atomic E-state index is -0.594. The van der Waals surface area contributed by atoms with Gasteiger partial charge in [0.2, 0.25) is 0 Å². The number of nitrogens with zero attached hydrogens (tertiary/aromatic N) is 2. The summed E-state index contributed by atoms with van der Waals surface area (Å²) in [6, 6.07) is 24.0. The first-order chi connectivity index (χ1) is 16.6. The van der Waals surface area contributed by atoms with Crippen LogP contribution in [0, 0.1) is 0 Å². The average Bonchev–Trinajstić information content (AvgIpc) is 3.29. The van der Waals surface area contributed by atoms with E-state index in [0.29, 0.717) is 27.2 Å². The predicted octanol–water partition coefficient (Wildman–Crippen LogP) is 5.64. The molecule has 168 valence electrons. The van der Waals surface area contributed by atoms with Gasteiger partial charge < -0.3 is 10.1 Å². The van der Waals surface area contributed by atoms with Crippen LogP contribution in [0.15, 0.2) is 78.9 Å². The lowest BCUT2D eigenvalue weighted by Crippen LogP contribution is -2.28. The lowest BCUT2D eigenvalue weighted by Gasteiger charge is -2.10. The van der Waals surface area contributed by atoms with E-state index in [1.54, 1.807) is 24.3 Å². The second kappa shape index (κ2) is 9.59. The Kier molecular flexibility index (Phi) is 6.20. The Morgan fingerprint density at radius 3 is 2.44 bits per heavy atom. The number of rotatable bonds is 6. The lowest BCUT2D eigenvalue weighted by atomic mass is 10.0. The van der Waals surface area contributed by atoms with Crippen molar-refractivity contribution in [3.63, 3.8) is 0 Å². The van der Waals surface area contributed by atoms with Crippen LogP contribution in [0.3, 0.4) is 0 Å². The van der Waals surface area contributed by atoms with Gasteiger partial charge in [0.1, 0.15) is 5.01 Å². The molecule has 2 heterocycles. The number of fused-ring (bicyclic) bond motifs is 2. The number of ether oxygens (including phenoxy) is 1. The number of amides is 1. The Hall–Kier alpha value is -3.81. The topological polar surface area (TPSA) is 81.2 Å². The first kappa shape index (κ1) is 22.0. The third-order valence-electron chi connectivity index (χ3n) is 5.19. The first-order valence-corrected chi connectivity index (χ1v) is 11.7. The molecule has 0 aliphatic rings. The molecule has 2 aromatic heterocycles. The van der Waals surface area contributed by atoms with E-state index in [1.165, 1.54) is 11.3 Å². The van der Waals surface area contributed by atoms with Crippen LogP contribution in [0.2, 0.25) is 5.02 Å². The zero-order valence-corrected chi connectivity index (χ0v) is 19.4. The number of hydrogen-bond donors (Lipinski definition) is 1. The van der Waals surface area contributed by atoms with Crippen molar-refractivity contribution < 1.29 is 14.3 Å². The summed E-state index contributed by atoms with van der Waals surface area (Å²) in [6.07, 6.45) is 0. The Bertz CT molecular complexity index is 1480. The van der Waals surface area contributed by atoms with Gasteiger partial charge in [0.25, 0.3) is 5.91 Å². The van der Waals surface area contributed by atoms with Gasteiger partial charge in [-0.2, -0.15) is 0 Å². The van der Waals surface area contributed by atoms with Gasteiger partial charge >= 0.3 is 5.97 Å². The van der Waals surface area contributed by atoms with Gasteiger partial charge in [-0.3, -0.25) is 4.79 Å². The van der Waals surface area contributed by atoms with Crippen LogP contribution in [-0.4, -0.2) is 28.5 Å². The van der Waals surface area contributed by atoms with Crippen molar-refractivity contribution in [3.05, 3.63) is 94.5 Å². The van der Waals surface area contributed by atoms with Gasteiger partial charge in [-0.1, -0.05) is 54.1 Å². The standard InChI is InChI=1S/C26H18ClN3O3S/c27-17-11-9-16(10-12-17)22-13-19(18-5-1-2-6-20(18)29-22)26(32)33-15-24(31)28-14-25-30-21-7-3-4-8-23(21)34-25/h1-13H,14-15H2,(H,28,31). The summed E-state index contributed by atoms with van der Waals surface area (Å²) in [5.41, 5.74) is 3.32. The molecule has 5 aromatic rings. The van der Waals surface area contributed by atoms with E-state index >= 15 is 0 Å². The molecule has 0 bridgehead atoms. The SMILES string of the molecule is O=C(COC(=O)c1cc(-c2ccc(Cl)cc2)nc2ccccc12)NCc1nc2ccccc2s1. The molecule has 0 saturated heterocycles.